The number of amides is 1. The van der Waals surface area contributed by atoms with Crippen LogP contribution in [0.3, 0.4) is 0 Å². The van der Waals surface area contributed by atoms with Gasteiger partial charge in [0.15, 0.2) is 5.69 Å². The molecule has 1 aromatic carbocycles. The standard InChI is InChI=1S/C27H39N5O3S/c1-19-14-23(34-3)15-20(2)26(19)36-32(22-4-5-22)17-25-29-24(18-35-25)27(33)31-12-10-30(11-13-31)16-21-6-8-28-9-7-21/h14-15,18,21-22,28H,4-13,16-17H2,1-3H3. The van der Waals surface area contributed by atoms with Crippen LogP contribution in [0.4, 0.5) is 0 Å². The van der Waals surface area contributed by atoms with Crippen molar-refractivity contribution in [3.8, 4) is 5.75 Å². The fourth-order valence-electron chi connectivity index (χ4n) is 5.23. The van der Waals surface area contributed by atoms with Crippen LogP contribution in [0.2, 0.25) is 0 Å². The van der Waals surface area contributed by atoms with Crippen molar-refractivity contribution in [1.82, 2.24) is 24.4 Å². The zero-order valence-corrected chi connectivity index (χ0v) is 22.6. The Balaban J connectivity index is 1.16. The van der Waals surface area contributed by atoms with E-state index < -0.39 is 0 Å². The molecule has 2 aromatic rings. The average molecular weight is 514 g/mol. The summed E-state index contributed by atoms with van der Waals surface area (Å²) in [7, 11) is 1.70. The molecule has 8 nitrogen and oxygen atoms in total. The number of nitrogens with one attached hydrogen (secondary N) is 1. The Hall–Kier alpha value is -2.07. The second-order valence-corrected chi connectivity index (χ2v) is 11.5. The SMILES string of the molecule is COc1cc(C)c(SN(Cc2nc(C(=O)N3CCN(CC4CCNCC4)CC3)co2)C2CC2)c(C)c1. The summed E-state index contributed by atoms with van der Waals surface area (Å²) < 4.78 is 13.6. The van der Waals surface area contributed by atoms with Gasteiger partial charge in [-0.25, -0.2) is 9.29 Å². The van der Waals surface area contributed by atoms with Gasteiger partial charge < -0.3 is 19.4 Å². The van der Waals surface area contributed by atoms with Gasteiger partial charge in [-0.1, -0.05) is 0 Å². The summed E-state index contributed by atoms with van der Waals surface area (Å²) >= 11 is 1.76. The van der Waals surface area contributed by atoms with E-state index in [0.29, 0.717) is 24.2 Å². The highest BCUT2D eigenvalue weighted by Crippen LogP contribution is 2.40. The van der Waals surface area contributed by atoms with Crippen molar-refractivity contribution in [2.45, 2.75) is 57.0 Å². The van der Waals surface area contributed by atoms with Crippen LogP contribution >= 0.6 is 11.9 Å². The maximum atomic E-state index is 13.1. The molecule has 0 atom stereocenters. The second kappa shape index (κ2) is 11.5. The Morgan fingerprint density at radius 2 is 1.83 bits per heavy atom. The lowest BCUT2D eigenvalue weighted by atomic mass is 9.97. The van der Waals surface area contributed by atoms with Crippen LogP contribution in [-0.2, 0) is 6.54 Å². The normalized spacial score (nSPS) is 19.7. The predicted molar refractivity (Wildman–Crippen MR) is 141 cm³/mol. The van der Waals surface area contributed by atoms with Crippen LogP contribution in [0.5, 0.6) is 5.75 Å². The Morgan fingerprint density at radius 3 is 2.47 bits per heavy atom. The van der Waals surface area contributed by atoms with Gasteiger partial charge in [0.25, 0.3) is 5.91 Å². The highest BCUT2D eigenvalue weighted by Gasteiger charge is 2.32. The zero-order chi connectivity index (χ0) is 25.1. The fourth-order valence-corrected chi connectivity index (χ4v) is 6.40. The van der Waals surface area contributed by atoms with Gasteiger partial charge in [0.1, 0.15) is 12.0 Å². The molecule has 0 radical (unpaired) electrons. The van der Waals surface area contributed by atoms with Crippen LogP contribution < -0.4 is 10.1 Å². The number of rotatable bonds is 9. The Kier molecular flexibility index (Phi) is 8.20. The van der Waals surface area contributed by atoms with Gasteiger partial charge in [0.05, 0.1) is 13.7 Å². The van der Waals surface area contributed by atoms with E-state index in [1.807, 2.05) is 4.90 Å². The summed E-state index contributed by atoms with van der Waals surface area (Å²) in [6.45, 7) is 11.6. The number of methoxy groups -OCH3 is 1. The molecule has 0 spiro atoms. The van der Waals surface area contributed by atoms with Crippen molar-refractivity contribution < 1.29 is 13.9 Å². The lowest BCUT2D eigenvalue weighted by Crippen LogP contribution is -2.50. The van der Waals surface area contributed by atoms with Crippen molar-refractivity contribution in [1.29, 1.82) is 0 Å². The number of hydrogen-bond acceptors (Lipinski definition) is 8. The minimum Gasteiger partial charge on any atom is -0.497 e. The third-order valence-electron chi connectivity index (χ3n) is 7.53. The molecule has 0 bridgehead atoms. The van der Waals surface area contributed by atoms with Gasteiger partial charge >= 0.3 is 0 Å². The molecule has 3 fully saturated rings. The Morgan fingerprint density at radius 1 is 1.14 bits per heavy atom. The summed E-state index contributed by atoms with van der Waals surface area (Å²) in [5.41, 5.74) is 2.82. The number of hydrogen-bond donors (Lipinski definition) is 1. The molecule has 1 aliphatic carbocycles. The van der Waals surface area contributed by atoms with Gasteiger partial charge in [-0.2, -0.15) is 0 Å². The molecule has 3 heterocycles. The number of oxazole rings is 1. The Bertz CT molecular complexity index is 1020. The lowest BCUT2D eigenvalue weighted by molar-refractivity contribution is 0.0602. The molecule has 1 aromatic heterocycles. The smallest absolute Gasteiger partial charge is 0.275 e. The molecule has 0 unspecified atom stereocenters. The average Bonchev–Trinajstić information content (AvgIpc) is 3.64. The maximum absolute atomic E-state index is 13.1. The van der Waals surface area contributed by atoms with Crippen molar-refractivity contribution >= 4 is 17.9 Å². The van der Waals surface area contributed by atoms with Crippen LogP contribution in [0.25, 0.3) is 0 Å². The third-order valence-corrected chi connectivity index (χ3v) is 9.02. The van der Waals surface area contributed by atoms with Crippen molar-refractivity contribution in [2.24, 2.45) is 5.92 Å². The number of piperidine rings is 1. The topological polar surface area (TPSA) is 74.1 Å². The summed E-state index contributed by atoms with van der Waals surface area (Å²) in [5, 5.41) is 3.44. The van der Waals surface area contributed by atoms with Crippen LogP contribution in [-0.4, -0.2) is 84.0 Å². The minimum absolute atomic E-state index is 0.0148. The minimum atomic E-state index is -0.0148. The van der Waals surface area contributed by atoms with Gasteiger partial charge in [0, 0.05) is 43.7 Å². The molecular weight excluding hydrogens is 474 g/mol. The van der Waals surface area contributed by atoms with Crippen molar-refractivity contribution in [3.05, 3.63) is 41.1 Å². The number of ether oxygens (including phenoxy) is 1. The molecular formula is C27H39N5O3S. The van der Waals surface area contributed by atoms with E-state index in [9.17, 15) is 4.79 Å². The van der Waals surface area contributed by atoms with E-state index in [2.05, 4.69) is 45.5 Å². The van der Waals surface area contributed by atoms with Crippen LogP contribution in [0.1, 0.15) is 53.2 Å². The highest BCUT2D eigenvalue weighted by molar-refractivity contribution is 7.97. The molecule has 9 heteroatoms. The maximum Gasteiger partial charge on any atom is 0.275 e. The first kappa shape index (κ1) is 25.6. The summed E-state index contributed by atoms with van der Waals surface area (Å²) in [6.07, 6.45) is 6.41. The van der Waals surface area contributed by atoms with Crippen molar-refractivity contribution in [2.75, 3.05) is 52.9 Å². The van der Waals surface area contributed by atoms with Gasteiger partial charge in [-0.05, 0) is 93.7 Å². The number of carbonyl (C=O) groups is 1. The van der Waals surface area contributed by atoms with Crippen LogP contribution in [0.15, 0.2) is 27.7 Å². The first-order valence-electron chi connectivity index (χ1n) is 13.3. The van der Waals surface area contributed by atoms with Crippen LogP contribution in [0, 0.1) is 19.8 Å². The van der Waals surface area contributed by atoms with Gasteiger partial charge in [0.2, 0.25) is 5.89 Å². The molecule has 36 heavy (non-hydrogen) atoms. The van der Waals surface area contributed by atoms with E-state index >= 15 is 0 Å². The first-order chi connectivity index (χ1) is 17.5. The molecule has 2 saturated heterocycles. The summed E-state index contributed by atoms with van der Waals surface area (Å²) in [6, 6.07) is 4.66. The molecule has 1 N–H and O–H groups in total. The molecule has 196 valence electrons. The molecule has 5 rings (SSSR count). The second-order valence-electron chi connectivity index (χ2n) is 10.4. The molecule has 1 saturated carbocycles. The third kappa shape index (κ3) is 6.25. The number of carbonyl (C=O) groups excluding carboxylic acids is 1. The quantitative estimate of drug-likeness (QED) is 0.509. The fraction of sp³-hybridized carbons (Fsp3) is 0.630. The number of nitrogens with zero attached hydrogens (tertiary/aromatic N) is 4. The predicted octanol–water partition coefficient (Wildman–Crippen LogP) is 3.73. The molecule has 1 amide bonds. The Labute approximate surface area is 218 Å². The number of piperazine rings is 1. The highest BCUT2D eigenvalue weighted by atomic mass is 32.2. The monoisotopic (exact) mass is 513 g/mol. The van der Waals surface area contributed by atoms with Gasteiger partial charge in [-0.15, -0.1) is 0 Å². The van der Waals surface area contributed by atoms with E-state index in [1.165, 1.54) is 41.7 Å². The van der Waals surface area contributed by atoms with E-state index in [0.717, 1.165) is 57.5 Å². The molecule has 3 aliphatic rings. The number of aromatic nitrogens is 1. The lowest BCUT2D eigenvalue weighted by Gasteiger charge is -2.37. The van der Waals surface area contributed by atoms with Crippen molar-refractivity contribution in [3.63, 3.8) is 0 Å². The van der Waals surface area contributed by atoms with Gasteiger partial charge in [-0.3, -0.25) is 9.69 Å². The number of benzene rings is 1. The number of aryl methyl sites for hydroxylation is 2. The summed E-state index contributed by atoms with van der Waals surface area (Å²) in [4.78, 5) is 23.4. The molecule has 2 aliphatic heterocycles. The largest absolute Gasteiger partial charge is 0.497 e. The zero-order valence-electron chi connectivity index (χ0n) is 21.8. The van der Waals surface area contributed by atoms with E-state index in [1.54, 1.807) is 25.3 Å². The van der Waals surface area contributed by atoms with E-state index in [-0.39, 0.29) is 5.91 Å². The first-order valence-corrected chi connectivity index (χ1v) is 14.0. The summed E-state index contributed by atoms with van der Waals surface area (Å²) in [5.74, 6) is 2.25. The van der Waals surface area contributed by atoms with E-state index in [4.69, 9.17) is 9.15 Å².